The van der Waals surface area contributed by atoms with Crippen molar-refractivity contribution in [1.29, 1.82) is 0 Å². The molecule has 2 aromatic rings. The van der Waals surface area contributed by atoms with Crippen molar-refractivity contribution in [2.75, 3.05) is 11.9 Å². The molecule has 1 aliphatic heterocycles. The van der Waals surface area contributed by atoms with Gasteiger partial charge in [0.05, 0.1) is 10.6 Å². The summed E-state index contributed by atoms with van der Waals surface area (Å²) in [6.45, 7) is -0.130. The van der Waals surface area contributed by atoms with Crippen LogP contribution in [-0.4, -0.2) is 26.8 Å². The SMILES string of the molecule is NC(=O)C(NS(=O)(=O)c1ccc2c(c1)NC(=O)CO2)c1ccccc1. The zero-order valence-electron chi connectivity index (χ0n) is 12.9. The maximum atomic E-state index is 12.6. The van der Waals surface area contributed by atoms with E-state index in [9.17, 15) is 18.0 Å². The van der Waals surface area contributed by atoms with Crippen molar-refractivity contribution in [3.05, 3.63) is 54.1 Å². The first-order chi connectivity index (χ1) is 11.9. The fourth-order valence-electron chi connectivity index (χ4n) is 2.39. The van der Waals surface area contributed by atoms with Crippen LogP contribution in [0.1, 0.15) is 11.6 Å². The molecule has 1 aliphatic rings. The van der Waals surface area contributed by atoms with E-state index in [2.05, 4.69) is 10.0 Å². The lowest BCUT2D eigenvalue weighted by molar-refractivity contribution is -0.120. The Morgan fingerprint density at radius 1 is 1.20 bits per heavy atom. The fraction of sp³-hybridized carbons (Fsp3) is 0.125. The summed E-state index contributed by atoms with van der Waals surface area (Å²) in [4.78, 5) is 23.0. The summed E-state index contributed by atoms with van der Waals surface area (Å²) in [6.07, 6.45) is 0. The summed E-state index contributed by atoms with van der Waals surface area (Å²) in [5.41, 5.74) is 6.01. The average molecular weight is 361 g/mol. The van der Waals surface area contributed by atoms with E-state index in [1.807, 2.05) is 0 Å². The van der Waals surface area contributed by atoms with Gasteiger partial charge in [-0.1, -0.05) is 30.3 Å². The summed E-state index contributed by atoms with van der Waals surface area (Å²) in [6, 6.07) is 11.1. The lowest BCUT2D eigenvalue weighted by Crippen LogP contribution is -2.37. The molecule has 0 radical (unpaired) electrons. The highest BCUT2D eigenvalue weighted by Gasteiger charge is 2.27. The first-order valence-corrected chi connectivity index (χ1v) is 8.78. The van der Waals surface area contributed by atoms with Crippen LogP contribution in [0.25, 0.3) is 0 Å². The number of amides is 2. The van der Waals surface area contributed by atoms with Gasteiger partial charge < -0.3 is 15.8 Å². The molecule has 9 heteroatoms. The molecule has 3 rings (SSSR count). The largest absolute Gasteiger partial charge is 0.482 e. The molecular formula is C16H15N3O5S. The topological polar surface area (TPSA) is 128 Å². The Morgan fingerprint density at radius 2 is 1.92 bits per heavy atom. The van der Waals surface area contributed by atoms with Gasteiger partial charge in [-0.05, 0) is 23.8 Å². The number of hydrogen-bond acceptors (Lipinski definition) is 5. The van der Waals surface area contributed by atoms with Crippen LogP contribution in [0.4, 0.5) is 5.69 Å². The molecule has 8 nitrogen and oxygen atoms in total. The van der Waals surface area contributed by atoms with Crippen LogP contribution in [0.3, 0.4) is 0 Å². The van der Waals surface area contributed by atoms with Crippen molar-refractivity contribution in [3.63, 3.8) is 0 Å². The van der Waals surface area contributed by atoms with E-state index in [0.29, 0.717) is 11.3 Å². The molecule has 0 spiro atoms. The first-order valence-electron chi connectivity index (χ1n) is 7.30. The van der Waals surface area contributed by atoms with E-state index >= 15 is 0 Å². The minimum Gasteiger partial charge on any atom is -0.482 e. The van der Waals surface area contributed by atoms with Gasteiger partial charge in [0.15, 0.2) is 6.61 Å². The van der Waals surface area contributed by atoms with Gasteiger partial charge in [-0.2, -0.15) is 4.72 Å². The third kappa shape index (κ3) is 3.62. The number of fused-ring (bicyclic) bond motifs is 1. The summed E-state index contributed by atoms with van der Waals surface area (Å²) in [7, 11) is -4.06. The molecule has 0 aliphatic carbocycles. The number of nitrogens with one attached hydrogen (secondary N) is 2. The standard InChI is InChI=1S/C16H15N3O5S/c17-16(21)15(10-4-2-1-3-5-10)19-25(22,23)11-6-7-13-12(8-11)18-14(20)9-24-13/h1-8,15,19H,9H2,(H2,17,21)(H,18,20). The quantitative estimate of drug-likeness (QED) is 0.715. The van der Waals surface area contributed by atoms with Gasteiger partial charge >= 0.3 is 0 Å². The summed E-state index contributed by atoms with van der Waals surface area (Å²) in [5.74, 6) is -0.841. The summed E-state index contributed by atoms with van der Waals surface area (Å²) in [5, 5.41) is 2.53. The Labute approximate surface area is 144 Å². The fourth-order valence-corrected chi connectivity index (χ4v) is 3.61. The zero-order valence-corrected chi connectivity index (χ0v) is 13.7. The molecule has 0 saturated carbocycles. The lowest BCUT2D eigenvalue weighted by atomic mass is 10.1. The molecule has 25 heavy (non-hydrogen) atoms. The Kier molecular flexibility index (Phi) is 4.43. The molecule has 1 unspecified atom stereocenters. The Balaban J connectivity index is 1.92. The predicted octanol–water partition coefficient (Wildman–Crippen LogP) is 0.522. The van der Waals surface area contributed by atoms with Gasteiger partial charge in [0.1, 0.15) is 11.8 Å². The third-order valence-corrected chi connectivity index (χ3v) is 5.01. The molecular weight excluding hydrogens is 346 g/mol. The number of rotatable bonds is 5. The molecule has 1 atom stereocenters. The third-order valence-electron chi connectivity index (χ3n) is 3.58. The van der Waals surface area contributed by atoms with Crippen LogP contribution in [0.15, 0.2) is 53.4 Å². The number of anilines is 1. The zero-order chi connectivity index (χ0) is 18.0. The number of nitrogens with two attached hydrogens (primary N) is 1. The summed E-state index contributed by atoms with van der Waals surface area (Å²) < 4.78 is 32.7. The van der Waals surface area contributed by atoms with E-state index < -0.39 is 22.0 Å². The number of carbonyl (C=O) groups excluding carboxylic acids is 2. The molecule has 0 bridgehead atoms. The van der Waals surface area contributed by atoms with Gasteiger partial charge in [0.25, 0.3) is 5.91 Å². The van der Waals surface area contributed by atoms with E-state index in [1.54, 1.807) is 30.3 Å². The number of benzene rings is 2. The lowest BCUT2D eigenvalue weighted by Gasteiger charge is -2.20. The number of ether oxygens (including phenoxy) is 1. The molecule has 2 aromatic carbocycles. The number of carbonyl (C=O) groups is 2. The van der Waals surface area contributed by atoms with Crippen molar-refractivity contribution in [2.24, 2.45) is 5.73 Å². The van der Waals surface area contributed by atoms with Gasteiger partial charge in [-0.3, -0.25) is 9.59 Å². The normalized spacial score (nSPS) is 14.8. The van der Waals surface area contributed by atoms with Gasteiger partial charge in [0, 0.05) is 0 Å². The van der Waals surface area contributed by atoms with E-state index in [0.717, 1.165) is 0 Å². The molecule has 4 N–H and O–H groups in total. The Hall–Kier alpha value is -2.91. The highest BCUT2D eigenvalue weighted by atomic mass is 32.2. The predicted molar refractivity (Wildman–Crippen MR) is 89.3 cm³/mol. The molecule has 0 fully saturated rings. The minimum absolute atomic E-state index is 0.126. The number of hydrogen-bond donors (Lipinski definition) is 3. The van der Waals surface area contributed by atoms with Crippen molar-refractivity contribution in [3.8, 4) is 5.75 Å². The monoisotopic (exact) mass is 361 g/mol. The van der Waals surface area contributed by atoms with Crippen molar-refractivity contribution < 1.29 is 22.7 Å². The van der Waals surface area contributed by atoms with Crippen LogP contribution >= 0.6 is 0 Å². The second-order valence-corrected chi connectivity index (χ2v) is 7.08. The van der Waals surface area contributed by atoms with Crippen molar-refractivity contribution in [2.45, 2.75) is 10.9 Å². The van der Waals surface area contributed by atoms with Gasteiger partial charge in [0.2, 0.25) is 15.9 Å². The first kappa shape index (κ1) is 16.9. The molecule has 0 saturated heterocycles. The Bertz CT molecular complexity index is 928. The molecule has 130 valence electrons. The maximum Gasteiger partial charge on any atom is 0.262 e. The smallest absolute Gasteiger partial charge is 0.262 e. The van der Waals surface area contributed by atoms with Gasteiger partial charge in [-0.25, -0.2) is 8.42 Å². The number of sulfonamides is 1. The van der Waals surface area contributed by atoms with E-state index in [-0.39, 0.29) is 23.1 Å². The number of primary amides is 1. The van der Waals surface area contributed by atoms with Crippen LogP contribution in [0.5, 0.6) is 5.75 Å². The highest BCUT2D eigenvalue weighted by molar-refractivity contribution is 7.89. The second-order valence-electron chi connectivity index (χ2n) is 5.36. The van der Waals surface area contributed by atoms with Crippen molar-refractivity contribution >= 4 is 27.5 Å². The van der Waals surface area contributed by atoms with Gasteiger partial charge in [-0.15, -0.1) is 0 Å². The van der Waals surface area contributed by atoms with Crippen LogP contribution in [0.2, 0.25) is 0 Å². The molecule has 2 amide bonds. The second kappa shape index (κ2) is 6.54. The minimum atomic E-state index is -4.06. The summed E-state index contributed by atoms with van der Waals surface area (Å²) >= 11 is 0. The molecule has 0 aromatic heterocycles. The van der Waals surface area contributed by atoms with Crippen LogP contribution in [0, 0.1) is 0 Å². The van der Waals surface area contributed by atoms with E-state index in [1.165, 1.54) is 18.2 Å². The molecule has 1 heterocycles. The average Bonchev–Trinajstić information content (AvgIpc) is 2.59. The maximum absolute atomic E-state index is 12.6. The highest BCUT2D eigenvalue weighted by Crippen LogP contribution is 2.30. The Morgan fingerprint density at radius 3 is 2.60 bits per heavy atom. The van der Waals surface area contributed by atoms with E-state index in [4.69, 9.17) is 10.5 Å². The van der Waals surface area contributed by atoms with Crippen molar-refractivity contribution in [1.82, 2.24) is 4.72 Å². The van der Waals surface area contributed by atoms with Crippen LogP contribution < -0.4 is 20.5 Å². The van der Waals surface area contributed by atoms with Crippen LogP contribution in [-0.2, 0) is 19.6 Å².